The SMILES string of the molecule is O=NSc1nc2ccccc2o1. The molecular weight excluding hydrogens is 176 g/mol. The highest BCUT2D eigenvalue weighted by Gasteiger charge is 2.04. The zero-order valence-corrected chi connectivity index (χ0v) is 6.75. The van der Waals surface area contributed by atoms with Crippen LogP contribution in [0.4, 0.5) is 0 Å². The van der Waals surface area contributed by atoms with Crippen LogP contribution in [0.25, 0.3) is 11.1 Å². The van der Waals surface area contributed by atoms with Crippen molar-refractivity contribution in [3.63, 3.8) is 0 Å². The van der Waals surface area contributed by atoms with Gasteiger partial charge in [0, 0.05) is 4.58 Å². The molecule has 60 valence electrons. The molecule has 0 atom stereocenters. The molecule has 2 rings (SSSR count). The van der Waals surface area contributed by atoms with Crippen LogP contribution in [-0.2, 0) is 0 Å². The molecule has 4 nitrogen and oxygen atoms in total. The Labute approximate surface area is 72.1 Å². The van der Waals surface area contributed by atoms with Crippen molar-refractivity contribution in [3.05, 3.63) is 29.2 Å². The molecular formula is C7H4N2O2S. The second-order valence-corrected chi connectivity index (χ2v) is 2.79. The predicted octanol–water partition coefficient (Wildman–Crippen LogP) is 2.60. The molecule has 12 heavy (non-hydrogen) atoms. The Bertz CT molecular complexity index is 379. The van der Waals surface area contributed by atoms with Crippen molar-refractivity contribution in [1.82, 2.24) is 4.98 Å². The number of aromatic nitrogens is 1. The lowest BCUT2D eigenvalue weighted by atomic mass is 10.3. The van der Waals surface area contributed by atoms with E-state index in [1.165, 1.54) is 0 Å². The Kier molecular flexibility index (Phi) is 1.79. The highest BCUT2D eigenvalue weighted by atomic mass is 32.2. The number of rotatable bonds is 2. The molecule has 1 aromatic carbocycles. The quantitative estimate of drug-likeness (QED) is 0.526. The smallest absolute Gasteiger partial charge is 0.283 e. The normalized spacial score (nSPS) is 10.3. The van der Waals surface area contributed by atoms with E-state index in [-0.39, 0.29) is 5.22 Å². The average molecular weight is 180 g/mol. The highest BCUT2D eigenvalue weighted by molar-refractivity contribution is 7.97. The molecule has 0 amide bonds. The van der Waals surface area contributed by atoms with Crippen LogP contribution in [0.1, 0.15) is 0 Å². The van der Waals surface area contributed by atoms with Crippen molar-refractivity contribution >= 4 is 23.0 Å². The topological polar surface area (TPSA) is 55.5 Å². The molecule has 0 saturated heterocycles. The number of oxazole rings is 1. The maximum atomic E-state index is 9.86. The summed E-state index contributed by atoms with van der Waals surface area (Å²) in [6.45, 7) is 0. The van der Waals surface area contributed by atoms with E-state index < -0.39 is 0 Å². The van der Waals surface area contributed by atoms with Gasteiger partial charge in [0.2, 0.25) is 0 Å². The van der Waals surface area contributed by atoms with Gasteiger partial charge in [0.05, 0.1) is 0 Å². The summed E-state index contributed by atoms with van der Waals surface area (Å²) in [5, 5.41) is 0.284. The monoisotopic (exact) mass is 180 g/mol. The highest BCUT2D eigenvalue weighted by Crippen LogP contribution is 2.22. The zero-order chi connectivity index (χ0) is 8.39. The van der Waals surface area contributed by atoms with Crippen LogP contribution in [-0.4, -0.2) is 4.98 Å². The van der Waals surface area contributed by atoms with E-state index >= 15 is 0 Å². The molecule has 0 N–H and O–H groups in total. The molecule has 0 spiro atoms. The number of benzene rings is 1. The number of fused-ring (bicyclic) bond motifs is 1. The van der Waals surface area contributed by atoms with Crippen molar-refractivity contribution < 1.29 is 4.42 Å². The number of hydrogen-bond acceptors (Lipinski definition) is 5. The largest absolute Gasteiger partial charge is 0.430 e. The van der Waals surface area contributed by atoms with Gasteiger partial charge in [-0.15, -0.1) is 4.91 Å². The van der Waals surface area contributed by atoms with Gasteiger partial charge in [-0.3, -0.25) is 0 Å². The molecule has 0 bridgehead atoms. The van der Waals surface area contributed by atoms with Gasteiger partial charge < -0.3 is 4.42 Å². The van der Waals surface area contributed by atoms with Crippen LogP contribution in [0.2, 0.25) is 0 Å². The maximum Gasteiger partial charge on any atom is 0.283 e. The van der Waals surface area contributed by atoms with E-state index in [1.807, 2.05) is 18.2 Å². The summed E-state index contributed by atoms with van der Waals surface area (Å²) in [4.78, 5) is 13.9. The van der Waals surface area contributed by atoms with Crippen LogP contribution in [0.15, 0.2) is 38.5 Å². The first-order chi connectivity index (χ1) is 5.90. The van der Waals surface area contributed by atoms with Crippen molar-refractivity contribution in [2.75, 3.05) is 0 Å². The minimum Gasteiger partial charge on any atom is -0.430 e. The first-order valence-electron chi connectivity index (χ1n) is 3.25. The fraction of sp³-hybridized carbons (Fsp3) is 0. The van der Waals surface area contributed by atoms with Crippen molar-refractivity contribution in [2.24, 2.45) is 4.58 Å². The van der Waals surface area contributed by atoms with E-state index in [1.54, 1.807) is 6.07 Å². The number of hydrogen-bond donors (Lipinski definition) is 0. The minimum atomic E-state index is 0.284. The van der Waals surface area contributed by atoms with Crippen LogP contribution < -0.4 is 0 Å². The Morgan fingerprint density at radius 3 is 3.00 bits per heavy atom. The third-order valence-corrected chi connectivity index (χ3v) is 1.79. The van der Waals surface area contributed by atoms with Crippen molar-refractivity contribution in [2.45, 2.75) is 5.22 Å². The Morgan fingerprint density at radius 2 is 2.25 bits per heavy atom. The van der Waals surface area contributed by atoms with Gasteiger partial charge in [-0.1, -0.05) is 12.1 Å². The van der Waals surface area contributed by atoms with E-state index in [0.29, 0.717) is 17.5 Å². The summed E-state index contributed by atoms with van der Waals surface area (Å²) >= 11 is 0.693. The second kappa shape index (κ2) is 2.94. The summed E-state index contributed by atoms with van der Waals surface area (Å²) < 4.78 is 7.78. The molecule has 0 fully saturated rings. The van der Waals surface area contributed by atoms with E-state index in [4.69, 9.17) is 4.42 Å². The Balaban J connectivity index is 2.54. The molecule has 0 radical (unpaired) electrons. The minimum absolute atomic E-state index is 0.284. The van der Waals surface area contributed by atoms with Gasteiger partial charge in [0.15, 0.2) is 5.58 Å². The predicted molar refractivity (Wildman–Crippen MR) is 45.7 cm³/mol. The molecule has 0 unspecified atom stereocenters. The van der Waals surface area contributed by atoms with Crippen LogP contribution in [0.5, 0.6) is 0 Å². The van der Waals surface area contributed by atoms with Gasteiger partial charge in [0.1, 0.15) is 17.5 Å². The first-order valence-corrected chi connectivity index (χ1v) is 4.03. The average Bonchev–Trinajstić information content (AvgIpc) is 2.47. The zero-order valence-electron chi connectivity index (χ0n) is 5.93. The molecule has 5 heteroatoms. The van der Waals surface area contributed by atoms with Gasteiger partial charge in [-0.05, 0) is 12.1 Å². The third kappa shape index (κ3) is 1.18. The molecule has 2 aromatic rings. The molecule has 0 saturated carbocycles. The van der Waals surface area contributed by atoms with E-state index in [9.17, 15) is 4.91 Å². The lowest BCUT2D eigenvalue weighted by Crippen LogP contribution is -1.64. The Morgan fingerprint density at radius 1 is 1.42 bits per heavy atom. The molecule has 0 aliphatic rings. The van der Waals surface area contributed by atoms with Gasteiger partial charge >= 0.3 is 0 Å². The lowest BCUT2D eigenvalue weighted by molar-refractivity contribution is 0.489. The summed E-state index contributed by atoms with van der Waals surface area (Å²) in [5.41, 5.74) is 1.41. The molecule has 1 aromatic heterocycles. The van der Waals surface area contributed by atoms with Gasteiger partial charge in [0.25, 0.3) is 5.22 Å². The number of nitroso groups, excluding NO2 is 1. The summed E-state index contributed by atoms with van der Waals surface area (Å²) in [6, 6.07) is 7.30. The summed E-state index contributed by atoms with van der Waals surface area (Å²) in [5.74, 6) is 0. The maximum absolute atomic E-state index is 9.86. The van der Waals surface area contributed by atoms with Crippen LogP contribution >= 0.6 is 11.9 Å². The Hall–Kier alpha value is -1.36. The standard InChI is InChI=1S/C7H4N2O2S/c10-9-12-7-8-5-3-1-2-4-6(5)11-7/h1-4H. The van der Waals surface area contributed by atoms with Crippen LogP contribution in [0, 0.1) is 4.91 Å². The number of nitrogens with zero attached hydrogens (tertiary/aromatic N) is 2. The van der Waals surface area contributed by atoms with Crippen molar-refractivity contribution in [1.29, 1.82) is 0 Å². The number of para-hydroxylation sites is 2. The first kappa shape index (κ1) is 7.30. The van der Waals surface area contributed by atoms with Crippen LogP contribution in [0.3, 0.4) is 0 Å². The second-order valence-electron chi connectivity index (χ2n) is 2.11. The van der Waals surface area contributed by atoms with Crippen molar-refractivity contribution in [3.8, 4) is 0 Å². The fourth-order valence-corrected chi connectivity index (χ4v) is 1.25. The molecule has 0 aliphatic heterocycles. The van der Waals surface area contributed by atoms with Gasteiger partial charge in [-0.2, -0.15) is 0 Å². The molecule has 1 heterocycles. The lowest BCUT2D eigenvalue weighted by Gasteiger charge is -1.79. The van der Waals surface area contributed by atoms with E-state index in [2.05, 4.69) is 9.57 Å². The van der Waals surface area contributed by atoms with E-state index in [0.717, 1.165) is 5.52 Å². The summed E-state index contributed by atoms with van der Waals surface area (Å²) in [6.07, 6.45) is 0. The van der Waals surface area contributed by atoms with Gasteiger partial charge in [-0.25, -0.2) is 4.98 Å². The molecule has 0 aliphatic carbocycles. The third-order valence-electron chi connectivity index (χ3n) is 1.39. The fourth-order valence-electron chi connectivity index (χ4n) is 0.922. The summed E-state index contributed by atoms with van der Waals surface area (Å²) in [7, 11) is 0.